The van der Waals surface area contributed by atoms with Gasteiger partial charge in [-0.15, -0.1) is 0 Å². The van der Waals surface area contributed by atoms with Crippen LogP contribution in [0.4, 0.5) is 0 Å². The monoisotopic (exact) mass is 319 g/mol. The van der Waals surface area contributed by atoms with Crippen LogP contribution in [0.2, 0.25) is 0 Å². The minimum atomic E-state index is 0.645. The van der Waals surface area contributed by atoms with Crippen molar-refractivity contribution in [3.63, 3.8) is 0 Å². The maximum absolute atomic E-state index is 8.83. The van der Waals surface area contributed by atoms with Gasteiger partial charge in [0.1, 0.15) is 5.75 Å². The summed E-state index contributed by atoms with van der Waals surface area (Å²) in [5, 5.41) is 8.83. The van der Waals surface area contributed by atoms with Gasteiger partial charge in [-0.3, -0.25) is 0 Å². The first-order chi connectivity index (χ1) is 8.74. The lowest BCUT2D eigenvalue weighted by atomic mass is 10.2. The van der Waals surface area contributed by atoms with Gasteiger partial charge in [-0.05, 0) is 46.3 Å². The molecule has 0 spiro atoms. The molecule has 0 aliphatic carbocycles. The number of benzene rings is 2. The molecule has 0 N–H and O–H groups in total. The topological polar surface area (TPSA) is 33.0 Å². The summed E-state index contributed by atoms with van der Waals surface area (Å²) in [5.41, 5.74) is 0.645. The van der Waals surface area contributed by atoms with Gasteiger partial charge >= 0.3 is 0 Å². The molecule has 0 fully saturated rings. The number of rotatable bonds is 3. The maximum Gasteiger partial charge on any atom is 0.132 e. The van der Waals surface area contributed by atoms with Crippen LogP contribution >= 0.6 is 27.7 Å². The summed E-state index contributed by atoms with van der Waals surface area (Å²) < 4.78 is 6.23. The fourth-order valence-electron chi connectivity index (χ4n) is 1.47. The zero-order valence-electron chi connectivity index (χ0n) is 9.68. The maximum atomic E-state index is 8.83. The Labute approximate surface area is 119 Å². The first-order valence-electron chi connectivity index (χ1n) is 5.25. The van der Waals surface area contributed by atoms with Crippen molar-refractivity contribution in [3.8, 4) is 11.8 Å². The second-order valence-corrected chi connectivity index (χ2v) is 5.45. The van der Waals surface area contributed by atoms with Crippen molar-refractivity contribution in [2.75, 3.05) is 7.11 Å². The third-order valence-electron chi connectivity index (χ3n) is 2.35. The van der Waals surface area contributed by atoms with Crippen LogP contribution < -0.4 is 4.74 Å². The Kier molecular flexibility index (Phi) is 4.29. The molecule has 0 aliphatic heterocycles. The lowest BCUT2D eigenvalue weighted by molar-refractivity contribution is 0.405. The van der Waals surface area contributed by atoms with Crippen molar-refractivity contribution in [1.29, 1.82) is 5.26 Å². The summed E-state index contributed by atoms with van der Waals surface area (Å²) in [7, 11) is 1.66. The van der Waals surface area contributed by atoms with Crippen molar-refractivity contribution in [3.05, 3.63) is 52.5 Å². The highest BCUT2D eigenvalue weighted by molar-refractivity contribution is 9.10. The van der Waals surface area contributed by atoms with E-state index in [1.165, 1.54) is 0 Å². The molecule has 2 aromatic rings. The van der Waals surface area contributed by atoms with Gasteiger partial charge in [0.25, 0.3) is 0 Å². The molecule has 0 atom stereocenters. The molecule has 2 nitrogen and oxygen atoms in total. The van der Waals surface area contributed by atoms with Gasteiger partial charge < -0.3 is 4.74 Å². The van der Waals surface area contributed by atoms with Gasteiger partial charge in [-0.25, -0.2) is 0 Å². The zero-order valence-corrected chi connectivity index (χ0v) is 12.1. The van der Waals surface area contributed by atoms with E-state index in [9.17, 15) is 0 Å². The summed E-state index contributed by atoms with van der Waals surface area (Å²) in [6, 6.07) is 15.5. The molecule has 0 heterocycles. The highest BCUT2D eigenvalue weighted by atomic mass is 79.9. The number of halogens is 1. The number of hydrogen-bond acceptors (Lipinski definition) is 3. The summed E-state index contributed by atoms with van der Waals surface area (Å²) in [5.74, 6) is 0.846. The first-order valence-corrected chi connectivity index (χ1v) is 6.86. The molecule has 0 aromatic heterocycles. The Bertz CT molecular complexity index is 607. The average molecular weight is 320 g/mol. The number of hydrogen-bond donors (Lipinski definition) is 0. The van der Waals surface area contributed by atoms with E-state index in [2.05, 4.69) is 22.0 Å². The highest BCUT2D eigenvalue weighted by Gasteiger charge is 2.07. The second-order valence-electron chi connectivity index (χ2n) is 3.51. The zero-order chi connectivity index (χ0) is 13.0. The molecule has 18 heavy (non-hydrogen) atoms. The number of methoxy groups -OCH3 is 1. The van der Waals surface area contributed by atoms with Crippen molar-refractivity contribution >= 4 is 27.7 Å². The lowest BCUT2D eigenvalue weighted by Gasteiger charge is -2.08. The fraction of sp³-hybridized carbons (Fsp3) is 0.0714. The van der Waals surface area contributed by atoms with Crippen molar-refractivity contribution in [2.24, 2.45) is 0 Å². The molecule has 2 aromatic carbocycles. The van der Waals surface area contributed by atoms with Crippen LogP contribution in [0.3, 0.4) is 0 Å². The first kappa shape index (κ1) is 13.0. The minimum absolute atomic E-state index is 0.645. The number of ether oxygens (including phenoxy) is 1. The molecule has 0 radical (unpaired) electrons. The molecule has 0 amide bonds. The molecule has 0 unspecified atom stereocenters. The Morgan fingerprint density at radius 3 is 2.61 bits per heavy atom. The van der Waals surface area contributed by atoms with Crippen molar-refractivity contribution in [2.45, 2.75) is 9.79 Å². The van der Waals surface area contributed by atoms with E-state index in [1.54, 1.807) is 18.9 Å². The van der Waals surface area contributed by atoms with Crippen LogP contribution in [-0.4, -0.2) is 7.11 Å². The van der Waals surface area contributed by atoms with Gasteiger partial charge in [0, 0.05) is 9.37 Å². The summed E-state index contributed by atoms with van der Waals surface area (Å²) in [4.78, 5) is 2.10. The van der Waals surface area contributed by atoms with E-state index in [-0.39, 0.29) is 0 Å². The molecule has 0 aliphatic rings. The molecular weight excluding hydrogens is 310 g/mol. The highest BCUT2D eigenvalue weighted by Crippen LogP contribution is 2.38. The van der Waals surface area contributed by atoms with Crippen LogP contribution in [0.25, 0.3) is 0 Å². The van der Waals surface area contributed by atoms with Crippen LogP contribution in [0.1, 0.15) is 5.56 Å². The number of nitriles is 1. The Balaban J connectivity index is 2.32. The molecule has 0 saturated carbocycles. The van der Waals surface area contributed by atoms with Gasteiger partial charge in [-0.2, -0.15) is 5.26 Å². The van der Waals surface area contributed by atoms with Crippen LogP contribution in [0, 0.1) is 11.3 Å². The third-order valence-corrected chi connectivity index (χ3v) is 4.40. The van der Waals surface area contributed by atoms with E-state index >= 15 is 0 Å². The second kappa shape index (κ2) is 5.94. The third kappa shape index (κ3) is 2.87. The lowest BCUT2D eigenvalue weighted by Crippen LogP contribution is -1.86. The largest absolute Gasteiger partial charge is 0.496 e. The predicted molar refractivity (Wildman–Crippen MR) is 76.0 cm³/mol. The predicted octanol–water partition coefficient (Wildman–Crippen LogP) is 4.48. The van der Waals surface area contributed by atoms with E-state index < -0.39 is 0 Å². The van der Waals surface area contributed by atoms with Gasteiger partial charge in [-0.1, -0.05) is 23.9 Å². The Hall–Kier alpha value is -1.44. The molecule has 4 heteroatoms. The number of nitrogens with zero attached hydrogens (tertiary/aromatic N) is 1. The van der Waals surface area contributed by atoms with E-state index in [4.69, 9.17) is 10.00 Å². The molecular formula is C14H10BrNOS. The van der Waals surface area contributed by atoms with Crippen LogP contribution in [-0.2, 0) is 0 Å². The van der Waals surface area contributed by atoms with E-state index in [1.807, 2.05) is 42.5 Å². The van der Waals surface area contributed by atoms with Crippen molar-refractivity contribution < 1.29 is 4.74 Å². The molecule has 2 rings (SSSR count). The molecule has 0 saturated heterocycles. The minimum Gasteiger partial charge on any atom is -0.496 e. The summed E-state index contributed by atoms with van der Waals surface area (Å²) in [6.45, 7) is 0. The normalized spacial score (nSPS) is 9.83. The quantitative estimate of drug-likeness (QED) is 0.836. The molecule has 0 bridgehead atoms. The SMILES string of the molecule is COc1ccccc1Sc1ccc(C#N)cc1Br. The van der Waals surface area contributed by atoms with E-state index in [0.29, 0.717) is 5.56 Å². The van der Waals surface area contributed by atoms with Crippen molar-refractivity contribution in [1.82, 2.24) is 0 Å². The standard InChI is InChI=1S/C14H10BrNOS/c1-17-12-4-2-3-5-14(12)18-13-7-6-10(9-16)8-11(13)15/h2-8H,1H3. The average Bonchev–Trinajstić information content (AvgIpc) is 2.41. The molecule has 90 valence electrons. The van der Waals surface area contributed by atoms with Crippen LogP contribution in [0.5, 0.6) is 5.75 Å². The summed E-state index contributed by atoms with van der Waals surface area (Å²) >= 11 is 5.08. The Morgan fingerprint density at radius 2 is 1.94 bits per heavy atom. The van der Waals surface area contributed by atoms with Crippen LogP contribution in [0.15, 0.2) is 56.7 Å². The van der Waals surface area contributed by atoms with Gasteiger partial charge in [0.2, 0.25) is 0 Å². The summed E-state index contributed by atoms with van der Waals surface area (Å²) in [6.07, 6.45) is 0. The fourth-order valence-corrected chi connectivity index (χ4v) is 3.02. The van der Waals surface area contributed by atoms with Gasteiger partial charge in [0.15, 0.2) is 0 Å². The van der Waals surface area contributed by atoms with Gasteiger partial charge in [0.05, 0.1) is 23.6 Å². The Morgan fingerprint density at radius 1 is 1.17 bits per heavy atom. The number of para-hydroxylation sites is 1. The smallest absolute Gasteiger partial charge is 0.132 e. The van der Waals surface area contributed by atoms with E-state index in [0.717, 1.165) is 20.0 Å².